The SMILES string of the molecule is COc1cccc(F)c1-c1cn2ccccc2n1. The van der Waals surface area contributed by atoms with Crippen molar-refractivity contribution in [3.63, 3.8) is 0 Å². The second kappa shape index (κ2) is 4.14. The molecule has 0 saturated carbocycles. The molecule has 4 heteroatoms. The normalized spacial score (nSPS) is 10.8. The van der Waals surface area contributed by atoms with Crippen LogP contribution in [0.1, 0.15) is 0 Å². The molecule has 0 fully saturated rings. The smallest absolute Gasteiger partial charge is 0.137 e. The Balaban J connectivity index is 2.25. The fourth-order valence-corrected chi connectivity index (χ4v) is 1.98. The number of aromatic nitrogens is 2. The average Bonchev–Trinajstić information content (AvgIpc) is 2.81. The number of methoxy groups -OCH3 is 1. The quantitative estimate of drug-likeness (QED) is 0.690. The van der Waals surface area contributed by atoms with Gasteiger partial charge in [0.2, 0.25) is 0 Å². The summed E-state index contributed by atoms with van der Waals surface area (Å²) in [6.45, 7) is 0. The molecule has 2 heterocycles. The van der Waals surface area contributed by atoms with E-state index in [2.05, 4.69) is 4.98 Å². The lowest BCUT2D eigenvalue weighted by Gasteiger charge is -2.06. The highest BCUT2D eigenvalue weighted by Crippen LogP contribution is 2.31. The Labute approximate surface area is 103 Å². The van der Waals surface area contributed by atoms with Gasteiger partial charge in [-0.2, -0.15) is 0 Å². The molecule has 0 bridgehead atoms. The van der Waals surface area contributed by atoms with Gasteiger partial charge in [-0.3, -0.25) is 0 Å². The van der Waals surface area contributed by atoms with Crippen molar-refractivity contribution in [1.82, 2.24) is 9.38 Å². The van der Waals surface area contributed by atoms with Crippen LogP contribution in [0.2, 0.25) is 0 Å². The fourth-order valence-electron chi connectivity index (χ4n) is 1.98. The van der Waals surface area contributed by atoms with Gasteiger partial charge in [0, 0.05) is 12.4 Å². The molecule has 2 aromatic heterocycles. The summed E-state index contributed by atoms with van der Waals surface area (Å²) in [7, 11) is 1.52. The van der Waals surface area contributed by atoms with Gasteiger partial charge < -0.3 is 9.14 Å². The monoisotopic (exact) mass is 242 g/mol. The van der Waals surface area contributed by atoms with Crippen LogP contribution in [-0.4, -0.2) is 16.5 Å². The Morgan fingerprint density at radius 3 is 2.83 bits per heavy atom. The number of benzene rings is 1. The van der Waals surface area contributed by atoms with Crippen LogP contribution in [0, 0.1) is 5.82 Å². The minimum Gasteiger partial charge on any atom is -0.496 e. The number of hydrogen-bond donors (Lipinski definition) is 0. The van der Waals surface area contributed by atoms with E-state index in [0.717, 1.165) is 5.65 Å². The maximum Gasteiger partial charge on any atom is 0.137 e. The molecule has 0 atom stereocenters. The van der Waals surface area contributed by atoms with Crippen LogP contribution < -0.4 is 4.74 Å². The largest absolute Gasteiger partial charge is 0.496 e. The summed E-state index contributed by atoms with van der Waals surface area (Å²) >= 11 is 0. The fraction of sp³-hybridized carbons (Fsp3) is 0.0714. The highest BCUT2D eigenvalue weighted by Gasteiger charge is 2.14. The summed E-state index contributed by atoms with van der Waals surface area (Å²) in [4.78, 5) is 4.40. The van der Waals surface area contributed by atoms with Crippen molar-refractivity contribution >= 4 is 5.65 Å². The zero-order valence-corrected chi connectivity index (χ0v) is 9.80. The van der Waals surface area contributed by atoms with E-state index in [9.17, 15) is 4.39 Å². The van der Waals surface area contributed by atoms with Crippen molar-refractivity contribution in [2.24, 2.45) is 0 Å². The molecule has 90 valence electrons. The molecular weight excluding hydrogens is 231 g/mol. The lowest BCUT2D eigenvalue weighted by atomic mass is 10.1. The average molecular weight is 242 g/mol. The van der Waals surface area contributed by atoms with Crippen LogP contribution in [0.4, 0.5) is 4.39 Å². The molecule has 3 aromatic rings. The Morgan fingerprint density at radius 2 is 2.06 bits per heavy atom. The number of nitrogens with zero attached hydrogens (tertiary/aromatic N) is 2. The summed E-state index contributed by atoms with van der Waals surface area (Å²) in [6.07, 6.45) is 3.66. The number of fused-ring (bicyclic) bond motifs is 1. The van der Waals surface area contributed by atoms with Crippen molar-refractivity contribution in [2.75, 3.05) is 7.11 Å². The molecule has 0 unspecified atom stereocenters. The maximum absolute atomic E-state index is 13.9. The van der Waals surface area contributed by atoms with E-state index >= 15 is 0 Å². The number of pyridine rings is 1. The first-order valence-electron chi connectivity index (χ1n) is 5.56. The molecule has 3 nitrogen and oxygen atoms in total. The highest BCUT2D eigenvalue weighted by molar-refractivity contribution is 5.69. The third kappa shape index (κ3) is 1.62. The number of hydrogen-bond acceptors (Lipinski definition) is 2. The van der Waals surface area contributed by atoms with Crippen molar-refractivity contribution in [2.45, 2.75) is 0 Å². The van der Waals surface area contributed by atoms with E-state index in [0.29, 0.717) is 17.0 Å². The Hall–Kier alpha value is -2.36. The third-order valence-electron chi connectivity index (χ3n) is 2.82. The van der Waals surface area contributed by atoms with Crippen LogP contribution in [0.15, 0.2) is 48.8 Å². The standard InChI is InChI=1S/C14H11FN2O/c1-18-12-6-4-5-10(15)14(12)11-9-17-8-3-2-7-13(17)16-11/h2-9H,1H3. The molecule has 0 spiro atoms. The number of imidazole rings is 1. The maximum atomic E-state index is 13.9. The van der Waals surface area contributed by atoms with Gasteiger partial charge in [0.15, 0.2) is 0 Å². The van der Waals surface area contributed by atoms with Crippen molar-refractivity contribution in [3.05, 3.63) is 54.6 Å². The van der Waals surface area contributed by atoms with E-state index in [1.165, 1.54) is 13.2 Å². The molecule has 1 aromatic carbocycles. The first-order chi connectivity index (χ1) is 8.79. The molecule has 0 N–H and O–H groups in total. The van der Waals surface area contributed by atoms with Gasteiger partial charge in [0.05, 0.1) is 18.4 Å². The first-order valence-corrected chi connectivity index (χ1v) is 5.56. The van der Waals surface area contributed by atoms with Crippen LogP contribution in [-0.2, 0) is 0 Å². The number of halogens is 1. The lowest BCUT2D eigenvalue weighted by molar-refractivity contribution is 0.413. The van der Waals surface area contributed by atoms with Gasteiger partial charge >= 0.3 is 0 Å². The molecule has 3 rings (SSSR count). The molecule has 18 heavy (non-hydrogen) atoms. The van der Waals surface area contributed by atoms with Crippen molar-refractivity contribution < 1.29 is 9.13 Å². The lowest BCUT2D eigenvalue weighted by Crippen LogP contribution is -1.91. The van der Waals surface area contributed by atoms with E-state index < -0.39 is 0 Å². The van der Waals surface area contributed by atoms with Gasteiger partial charge in [-0.25, -0.2) is 9.37 Å². The van der Waals surface area contributed by atoms with Crippen molar-refractivity contribution in [1.29, 1.82) is 0 Å². The molecule has 0 aliphatic heterocycles. The van der Waals surface area contributed by atoms with Crippen LogP contribution in [0.3, 0.4) is 0 Å². The van der Waals surface area contributed by atoms with Gasteiger partial charge in [-0.1, -0.05) is 12.1 Å². The van der Waals surface area contributed by atoms with Gasteiger partial charge in [0.25, 0.3) is 0 Å². The molecule has 0 aliphatic carbocycles. The van der Waals surface area contributed by atoms with Crippen molar-refractivity contribution in [3.8, 4) is 17.0 Å². The predicted octanol–water partition coefficient (Wildman–Crippen LogP) is 3.15. The Kier molecular flexibility index (Phi) is 2.48. The van der Waals surface area contributed by atoms with Gasteiger partial charge in [0.1, 0.15) is 17.2 Å². The third-order valence-corrected chi connectivity index (χ3v) is 2.82. The zero-order valence-electron chi connectivity index (χ0n) is 9.80. The summed E-state index contributed by atoms with van der Waals surface area (Å²) in [5.41, 5.74) is 1.73. The Morgan fingerprint density at radius 1 is 1.17 bits per heavy atom. The van der Waals surface area contributed by atoms with Crippen LogP contribution in [0.5, 0.6) is 5.75 Å². The second-order valence-corrected chi connectivity index (χ2v) is 3.91. The van der Waals surface area contributed by atoms with E-state index in [-0.39, 0.29) is 5.82 Å². The molecule has 0 aliphatic rings. The van der Waals surface area contributed by atoms with E-state index in [1.54, 1.807) is 18.3 Å². The first kappa shape index (κ1) is 10.8. The summed E-state index contributed by atoms with van der Waals surface area (Å²) in [6, 6.07) is 10.4. The van der Waals surface area contributed by atoms with E-state index in [1.807, 2.05) is 28.8 Å². The molecule has 0 saturated heterocycles. The highest BCUT2D eigenvalue weighted by atomic mass is 19.1. The van der Waals surface area contributed by atoms with Gasteiger partial charge in [-0.15, -0.1) is 0 Å². The van der Waals surface area contributed by atoms with Crippen LogP contribution in [0.25, 0.3) is 16.9 Å². The molecule has 0 radical (unpaired) electrons. The number of rotatable bonds is 2. The minimum atomic E-state index is -0.335. The second-order valence-electron chi connectivity index (χ2n) is 3.91. The summed E-state index contributed by atoms with van der Waals surface area (Å²) in [5, 5.41) is 0. The molecule has 0 amide bonds. The summed E-state index contributed by atoms with van der Waals surface area (Å²) < 4.78 is 21.0. The molecular formula is C14H11FN2O. The Bertz CT molecular complexity index is 673. The topological polar surface area (TPSA) is 26.5 Å². The van der Waals surface area contributed by atoms with Crippen LogP contribution >= 0.6 is 0 Å². The zero-order chi connectivity index (χ0) is 12.5. The predicted molar refractivity (Wildman–Crippen MR) is 67.1 cm³/mol. The number of ether oxygens (including phenoxy) is 1. The minimum absolute atomic E-state index is 0.335. The summed E-state index contributed by atoms with van der Waals surface area (Å²) in [5.74, 6) is 0.149. The van der Waals surface area contributed by atoms with Gasteiger partial charge in [-0.05, 0) is 24.3 Å². The van der Waals surface area contributed by atoms with E-state index in [4.69, 9.17) is 4.74 Å².